The molecule has 0 aliphatic heterocycles. The van der Waals surface area contributed by atoms with Crippen molar-refractivity contribution in [3.8, 4) is 0 Å². The van der Waals surface area contributed by atoms with Crippen LogP contribution in [0.2, 0.25) is 0 Å². The molecule has 0 heteroatoms. The molecule has 23 atom stereocenters. The first-order valence-corrected chi connectivity index (χ1v) is 13.7. The lowest BCUT2D eigenvalue weighted by molar-refractivity contribution is -0.813. The van der Waals surface area contributed by atoms with Crippen LogP contribution in [-0.4, -0.2) is 0 Å². The Labute approximate surface area is 166 Å². The summed E-state index contributed by atoms with van der Waals surface area (Å²) in [6.45, 7) is 5.63. The minimum Gasteiger partial charge on any atom is -0.0617 e. The molecule has 6 spiro atoms. The van der Waals surface area contributed by atoms with Crippen molar-refractivity contribution in [1.29, 1.82) is 0 Å². The second-order valence-electron chi connectivity index (χ2n) is 16.5. The molecule has 0 amide bonds. The van der Waals surface area contributed by atoms with Crippen LogP contribution in [0.3, 0.4) is 0 Å². The summed E-state index contributed by atoms with van der Waals surface area (Å²) in [4.78, 5) is 0. The Morgan fingerprint density at radius 3 is 1.96 bits per heavy atom. The normalized spacial score (nSPS) is 112. The molecule has 0 aromatic carbocycles. The summed E-state index contributed by atoms with van der Waals surface area (Å²) in [6.07, 6.45) is 5.19. The molecule has 0 bridgehead atoms. The predicted molar refractivity (Wildman–Crippen MR) is 98.1 cm³/mol. The summed E-state index contributed by atoms with van der Waals surface area (Å²) in [5.41, 5.74) is 7.10. The van der Waals surface area contributed by atoms with Gasteiger partial charge in [0.15, 0.2) is 0 Å². The van der Waals surface area contributed by atoms with Crippen molar-refractivity contribution in [3.63, 3.8) is 0 Å². The lowest BCUT2D eigenvalue weighted by atomic mass is 8.76. The van der Waals surface area contributed by atoms with E-state index in [1.54, 1.807) is 19.3 Å². The van der Waals surface area contributed by atoms with Gasteiger partial charge in [0.05, 0.1) is 0 Å². The lowest BCUT2D eigenvalue weighted by Gasteiger charge is -3.27. The second-order valence-corrected chi connectivity index (χ2v) is 16.5. The molecule has 23 unspecified atom stereocenters. The van der Waals surface area contributed by atoms with E-state index in [-0.39, 0.29) is 0 Å². The summed E-state index contributed by atoms with van der Waals surface area (Å²) < 4.78 is 0. The van der Waals surface area contributed by atoms with E-state index in [1.807, 2.05) is 0 Å². The molecule has 0 radical (unpaired) electrons. The molecule has 0 aromatic heterocycles. The highest BCUT2D eigenvalue weighted by Gasteiger charge is 3.29. The van der Waals surface area contributed by atoms with Gasteiger partial charge in [-0.05, 0) is 152 Å². The maximum absolute atomic E-state index is 2.87. The summed E-state index contributed by atoms with van der Waals surface area (Å²) in [5.74, 6) is 20.7. The Morgan fingerprint density at radius 2 is 1.11 bits per heavy atom. The SMILES string of the molecule is CC1C2C3C4C5C6CC7C8CC9C%10C%11C%12C%13C%14C%15CC%15C1(C)C2%14C3%13C4%12C5%11C6%10C879. The molecule has 140 valence electrons. The van der Waals surface area contributed by atoms with E-state index < -0.39 is 0 Å². The van der Waals surface area contributed by atoms with Crippen LogP contribution in [0.4, 0.5) is 0 Å². The maximum atomic E-state index is 2.87. The van der Waals surface area contributed by atoms with Gasteiger partial charge in [0.2, 0.25) is 0 Å². The zero-order valence-corrected chi connectivity index (χ0v) is 16.9. The standard InChI is InChI=1S/C28H28/c1-6-13-17-20-16-12-5-10-9-4-11-15-19-21-18-14-7-3-8(7)22(6,2)25(13,14)27(17,18)28(20,21)26(16,19)24(12,15)23(9,10)11/h6-21H,3-5H2,1-2H3. The molecule has 0 aromatic rings. The second kappa shape index (κ2) is 2.11. The van der Waals surface area contributed by atoms with Gasteiger partial charge in [-0.1, -0.05) is 13.8 Å². The number of hydrogen-bond donors (Lipinski definition) is 0. The van der Waals surface area contributed by atoms with Crippen molar-refractivity contribution in [2.24, 2.45) is 133 Å². The molecule has 15 saturated carbocycles. The molecule has 0 heterocycles. The highest BCUT2D eigenvalue weighted by atomic mass is 15.3. The molecule has 15 aliphatic carbocycles. The van der Waals surface area contributed by atoms with Crippen molar-refractivity contribution in [3.05, 3.63) is 0 Å². The zero-order chi connectivity index (χ0) is 16.9. The third-order valence-corrected chi connectivity index (χ3v) is 20.0. The quantitative estimate of drug-likeness (QED) is 0.605. The first-order valence-electron chi connectivity index (χ1n) is 13.7. The Balaban J connectivity index is 1.07. The fourth-order valence-corrected chi connectivity index (χ4v) is 22.4. The third-order valence-electron chi connectivity index (χ3n) is 20.0. The van der Waals surface area contributed by atoms with Crippen LogP contribution in [0.5, 0.6) is 0 Å². The largest absolute Gasteiger partial charge is 0.0617 e. The highest BCUT2D eigenvalue weighted by molar-refractivity contribution is 5.75. The highest BCUT2D eigenvalue weighted by Crippen LogP contribution is 3.32. The third kappa shape index (κ3) is 0.390. The molecule has 0 nitrogen and oxygen atoms in total. The molecule has 15 fully saturated rings. The van der Waals surface area contributed by atoms with Crippen LogP contribution >= 0.6 is 0 Å². The van der Waals surface area contributed by atoms with Gasteiger partial charge in [0.1, 0.15) is 0 Å². The van der Waals surface area contributed by atoms with E-state index >= 15 is 0 Å². The van der Waals surface area contributed by atoms with Crippen molar-refractivity contribution in [1.82, 2.24) is 0 Å². The monoisotopic (exact) mass is 364 g/mol. The van der Waals surface area contributed by atoms with Crippen molar-refractivity contribution < 1.29 is 0 Å². The summed E-state index contributed by atoms with van der Waals surface area (Å²) in [6, 6.07) is 0. The van der Waals surface area contributed by atoms with Gasteiger partial charge in [-0.2, -0.15) is 0 Å². The molecule has 15 aliphatic rings. The van der Waals surface area contributed by atoms with Crippen LogP contribution in [0.25, 0.3) is 0 Å². The fourth-order valence-electron chi connectivity index (χ4n) is 22.4. The summed E-state index contributed by atoms with van der Waals surface area (Å²) in [7, 11) is 0. The first-order chi connectivity index (χ1) is 13.7. The van der Waals surface area contributed by atoms with Gasteiger partial charge in [0, 0.05) is 0 Å². The predicted octanol–water partition coefficient (Wildman–Crippen LogP) is 4.16. The zero-order valence-electron chi connectivity index (χ0n) is 16.9. The molecule has 28 heavy (non-hydrogen) atoms. The van der Waals surface area contributed by atoms with Gasteiger partial charge in [-0.25, -0.2) is 0 Å². The van der Waals surface area contributed by atoms with E-state index in [1.165, 1.54) is 88.8 Å². The lowest BCUT2D eigenvalue weighted by Crippen LogP contribution is -3.25. The van der Waals surface area contributed by atoms with Crippen LogP contribution in [0.15, 0.2) is 0 Å². The summed E-state index contributed by atoms with van der Waals surface area (Å²) in [5, 5.41) is 0. The molecular formula is C28H28. The van der Waals surface area contributed by atoms with Crippen LogP contribution in [0.1, 0.15) is 33.1 Å². The summed E-state index contributed by atoms with van der Waals surface area (Å²) >= 11 is 0. The van der Waals surface area contributed by atoms with Gasteiger partial charge in [0.25, 0.3) is 0 Å². The van der Waals surface area contributed by atoms with E-state index in [4.69, 9.17) is 0 Å². The van der Waals surface area contributed by atoms with Gasteiger partial charge < -0.3 is 0 Å². The van der Waals surface area contributed by atoms with Gasteiger partial charge in [-0.3, -0.25) is 0 Å². The fraction of sp³-hybridized carbons (Fsp3) is 1.00. The number of fused-ring (bicyclic) bond motifs is 13. The van der Waals surface area contributed by atoms with Gasteiger partial charge >= 0.3 is 0 Å². The smallest absolute Gasteiger partial charge is 0.00932 e. The van der Waals surface area contributed by atoms with Crippen LogP contribution < -0.4 is 0 Å². The average Bonchev–Trinajstić information content (AvgIpc) is 3.45. The Hall–Kier alpha value is 0. The first kappa shape index (κ1) is 11.6. The van der Waals surface area contributed by atoms with Crippen LogP contribution in [0, 0.1) is 133 Å². The molecule has 0 saturated heterocycles. The molecule has 0 N–H and O–H groups in total. The van der Waals surface area contributed by atoms with Crippen molar-refractivity contribution >= 4 is 0 Å². The van der Waals surface area contributed by atoms with Crippen molar-refractivity contribution in [2.45, 2.75) is 33.1 Å². The Morgan fingerprint density at radius 1 is 0.500 bits per heavy atom. The maximum Gasteiger partial charge on any atom is -0.00932 e. The minimum atomic E-state index is 0.846. The van der Waals surface area contributed by atoms with E-state index in [9.17, 15) is 0 Å². The van der Waals surface area contributed by atoms with E-state index in [0.29, 0.717) is 0 Å². The van der Waals surface area contributed by atoms with E-state index in [0.717, 1.165) is 43.8 Å². The van der Waals surface area contributed by atoms with Gasteiger partial charge in [-0.15, -0.1) is 0 Å². The van der Waals surface area contributed by atoms with E-state index in [2.05, 4.69) is 13.8 Å². The molecular weight excluding hydrogens is 336 g/mol. The number of rotatable bonds is 0. The Bertz CT molecular complexity index is 1220. The van der Waals surface area contributed by atoms with Crippen LogP contribution in [-0.2, 0) is 0 Å². The average molecular weight is 365 g/mol. The topological polar surface area (TPSA) is 0 Å². The molecule has 15 rings (SSSR count). The Kier molecular flexibility index (Phi) is 0.872. The number of hydrogen-bond acceptors (Lipinski definition) is 0. The van der Waals surface area contributed by atoms with Crippen molar-refractivity contribution in [2.75, 3.05) is 0 Å². The minimum absolute atomic E-state index is 0.846.